The van der Waals surface area contributed by atoms with Gasteiger partial charge in [-0.1, -0.05) is 0 Å². The molecule has 0 aromatic heterocycles. The highest BCUT2D eigenvalue weighted by Gasteiger charge is 2.17. The topological polar surface area (TPSA) is 92.3 Å². The molecule has 2 N–H and O–H groups in total. The Balaban J connectivity index is 2.78. The lowest BCUT2D eigenvalue weighted by Crippen LogP contribution is -2.44. The molecule has 1 atom stereocenters. The van der Waals surface area contributed by atoms with Crippen LogP contribution in [0.1, 0.15) is 6.92 Å². The lowest BCUT2D eigenvalue weighted by Gasteiger charge is -2.15. The standard InChI is InChI=1S/C12H16N2O4S2/c1-8(15)13-11(7-19)12(16)14-9-3-5-10(6-4-9)20(2,17)18/h3-6,11,19H,7H2,1-2H3,(H,13,15)(H,14,16). The van der Waals surface area contributed by atoms with Gasteiger partial charge in [0.05, 0.1) is 4.90 Å². The van der Waals surface area contributed by atoms with Crippen LogP contribution in [0, 0.1) is 0 Å². The maximum absolute atomic E-state index is 11.9. The monoisotopic (exact) mass is 316 g/mol. The van der Waals surface area contributed by atoms with E-state index < -0.39 is 21.8 Å². The van der Waals surface area contributed by atoms with Gasteiger partial charge in [-0.05, 0) is 24.3 Å². The minimum Gasteiger partial charge on any atom is -0.344 e. The Kier molecular flexibility index (Phi) is 5.58. The molecule has 0 radical (unpaired) electrons. The minimum atomic E-state index is -3.27. The molecule has 0 aliphatic carbocycles. The summed E-state index contributed by atoms with van der Waals surface area (Å²) in [5.74, 6) is -0.582. The van der Waals surface area contributed by atoms with Crippen LogP contribution in [0.3, 0.4) is 0 Å². The maximum atomic E-state index is 11.9. The molecule has 8 heteroatoms. The van der Waals surface area contributed by atoms with Gasteiger partial charge in [0.2, 0.25) is 11.8 Å². The summed E-state index contributed by atoms with van der Waals surface area (Å²) in [7, 11) is -3.27. The van der Waals surface area contributed by atoms with E-state index in [-0.39, 0.29) is 16.6 Å². The predicted octanol–water partition coefficient (Wildman–Crippen LogP) is 0.463. The Morgan fingerprint density at radius 1 is 1.25 bits per heavy atom. The Morgan fingerprint density at radius 3 is 2.20 bits per heavy atom. The summed E-state index contributed by atoms with van der Waals surface area (Å²) in [6.45, 7) is 1.31. The quantitative estimate of drug-likeness (QED) is 0.688. The van der Waals surface area contributed by atoms with Crippen LogP contribution in [-0.2, 0) is 19.4 Å². The van der Waals surface area contributed by atoms with Gasteiger partial charge in [-0.2, -0.15) is 12.6 Å². The molecular weight excluding hydrogens is 300 g/mol. The third-order valence-corrected chi connectivity index (χ3v) is 3.92. The molecule has 20 heavy (non-hydrogen) atoms. The van der Waals surface area contributed by atoms with Crippen molar-refractivity contribution >= 4 is 40.0 Å². The van der Waals surface area contributed by atoms with Gasteiger partial charge in [0, 0.05) is 24.6 Å². The number of hydrogen-bond donors (Lipinski definition) is 3. The Bertz CT molecular complexity index is 596. The number of sulfone groups is 1. The van der Waals surface area contributed by atoms with Crippen molar-refractivity contribution in [2.75, 3.05) is 17.3 Å². The molecule has 0 spiro atoms. The van der Waals surface area contributed by atoms with Crippen LogP contribution in [0.4, 0.5) is 5.69 Å². The number of thiol groups is 1. The van der Waals surface area contributed by atoms with Crippen LogP contribution in [0.2, 0.25) is 0 Å². The zero-order valence-corrected chi connectivity index (χ0v) is 12.8. The molecule has 2 amide bonds. The Morgan fingerprint density at radius 2 is 1.80 bits per heavy atom. The molecule has 0 bridgehead atoms. The maximum Gasteiger partial charge on any atom is 0.247 e. The van der Waals surface area contributed by atoms with E-state index in [1.165, 1.54) is 31.2 Å². The second-order valence-corrected chi connectivity index (χ2v) is 6.60. The van der Waals surface area contributed by atoms with Crippen LogP contribution < -0.4 is 10.6 Å². The van der Waals surface area contributed by atoms with Gasteiger partial charge in [0.1, 0.15) is 6.04 Å². The van der Waals surface area contributed by atoms with Crippen molar-refractivity contribution in [3.05, 3.63) is 24.3 Å². The third kappa shape index (κ3) is 4.86. The predicted molar refractivity (Wildman–Crippen MR) is 79.6 cm³/mol. The molecule has 0 heterocycles. The Labute approximate surface area is 123 Å². The van der Waals surface area contributed by atoms with Gasteiger partial charge in [-0.25, -0.2) is 8.42 Å². The van der Waals surface area contributed by atoms with Gasteiger partial charge < -0.3 is 10.6 Å². The molecular formula is C12H16N2O4S2. The lowest BCUT2D eigenvalue weighted by molar-refractivity contribution is -0.124. The summed E-state index contributed by atoms with van der Waals surface area (Å²) >= 11 is 4.00. The number of amides is 2. The van der Waals surface area contributed by atoms with Gasteiger partial charge in [0.15, 0.2) is 9.84 Å². The second kappa shape index (κ2) is 6.76. The number of carbonyl (C=O) groups excluding carboxylic acids is 2. The number of anilines is 1. The van der Waals surface area contributed by atoms with Crippen molar-refractivity contribution < 1.29 is 18.0 Å². The summed E-state index contributed by atoms with van der Waals surface area (Å²) in [6.07, 6.45) is 1.11. The fourth-order valence-corrected chi connectivity index (χ4v) is 2.34. The average molecular weight is 316 g/mol. The molecule has 1 aromatic rings. The first kappa shape index (κ1) is 16.5. The molecule has 110 valence electrons. The summed E-state index contributed by atoms with van der Waals surface area (Å²) in [5, 5.41) is 5.04. The van der Waals surface area contributed by atoms with Crippen molar-refractivity contribution in [2.24, 2.45) is 0 Å². The first-order valence-electron chi connectivity index (χ1n) is 5.73. The average Bonchev–Trinajstić information content (AvgIpc) is 2.35. The van der Waals surface area contributed by atoms with E-state index in [0.717, 1.165) is 6.26 Å². The molecule has 6 nitrogen and oxygen atoms in total. The normalized spacial score (nSPS) is 12.6. The highest BCUT2D eigenvalue weighted by atomic mass is 32.2. The van der Waals surface area contributed by atoms with E-state index in [4.69, 9.17) is 0 Å². The fourth-order valence-electron chi connectivity index (χ4n) is 1.45. The molecule has 0 saturated heterocycles. The van der Waals surface area contributed by atoms with E-state index in [2.05, 4.69) is 23.3 Å². The number of hydrogen-bond acceptors (Lipinski definition) is 5. The fraction of sp³-hybridized carbons (Fsp3) is 0.333. The number of benzene rings is 1. The van der Waals surface area contributed by atoms with E-state index in [9.17, 15) is 18.0 Å². The van der Waals surface area contributed by atoms with Crippen molar-refractivity contribution in [1.82, 2.24) is 5.32 Å². The third-order valence-electron chi connectivity index (χ3n) is 2.43. The second-order valence-electron chi connectivity index (χ2n) is 4.22. The minimum absolute atomic E-state index is 0.160. The first-order valence-corrected chi connectivity index (χ1v) is 8.25. The number of carbonyl (C=O) groups is 2. The molecule has 0 fully saturated rings. The highest BCUT2D eigenvalue weighted by Crippen LogP contribution is 2.14. The van der Waals surface area contributed by atoms with Crippen molar-refractivity contribution in [1.29, 1.82) is 0 Å². The first-order chi connectivity index (χ1) is 9.24. The van der Waals surface area contributed by atoms with Gasteiger partial charge in [0.25, 0.3) is 0 Å². The smallest absolute Gasteiger partial charge is 0.247 e. The lowest BCUT2D eigenvalue weighted by atomic mass is 10.2. The number of rotatable bonds is 5. The van der Waals surface area contributed by atoms with Crippen LogP contribution in [0.5, 0.6) is 0 Å². The SMILES string of the molecule is CC(=O)NC(CS)C(=O)Nc1ccc(S(C)(=O)=O)cc1. The van der Waals surface area contributed by atoms with Crippen molar-refractivity contribution in [3.8, 4) is 0 Å². The van der Waals surface area contributed by atoms with E-state index >= 15 is 0 Å². The largest absolute Gasteiger partial charge is 0.344 e. The van der Waals surface area contributed by atoms with Gasteiger partial charge in [-0.3, -0.25) is 9.59 Å². The molecule has 0 aliphatic heterocycles. The molecule has 0 saturated carbocycles. The Hall–Kier alpha value is -1.54. The summed E-state index contributed by atoms with van der Waals surface area (Å²) in [4.78, 5) is 23.0. The molecule has 1 rings (SSSR count). The van der Waals surface area contributed by atoms with Crippen LogP contribution in [-0.4, -0.2) is 38.3 Å². The number of nitrogens with one attached hydrogen (secondary N) is 2. The van der Waals surface area contributed by atoms with Crippen LogP contribution >= 0.6 is 12.6 Å². The van der Waals surface area contributed by atoms with Gasteiger partial charge >= 0.3 is 0 Å². The van der Waals surface area contributed by atoms with Crippen molar-refractivity contribution in [3.63, 3.8) is 0 Å². The van der Waals surface area contributed by atoms with Crippen LogP contribution in [0.15, 0.2) is 29.2 Å². The molecule has 1 aromatic carbocycles. The highest BCUT2D eigenvalue weighted by molar-refractivity contribution is 7.90. The molecule has 1 unspecified atom stereocenters. The van der Waals surface area contributed by atoms with Crippen molar-refractivity contribution in [2.45, 2.75) is 17.9 Å². The summed E-state index contributed by atoms with van der Waals surface area (Å²) < 4.78 is 22.6. The summed E-state index contributed by atoms with van der Waals surface area (Å²) in [5.41, 5.74) is 0.444. The zero-order chi connectivity index (χ0) is 15.3. The van der Waals surface area contributed by atoms with E-state index in [1.54, 1.807) is 0 Å². The summed E-state index contributed by atoms with van der Waals surface area (Å²) in [6, 6.07) is 5.03. The zero-order valence-electron chi connectivity index (χ0n) is 11.1. The van der Waals surface area contributed by atoms with Crippen LogP contribution in [0.25, 0.3) is 0 Å². The van der Waals surface area contributed by atoms with E-state index in [1.807, 2.05) is 0 Å². The van der Waals surface area contributed by atoms with Gasteiger partial charge in [-0.15, -0.1) is 0 Å². The van der Waals surface area contributed by atoms with E-state index in [0.29, 0.717) is 5.69 Å². The molecule has 0 aliphatic rings.